The van der Waals surface area contributed by atoms with Gasteiger partial charge in [0.15, 0.2) is 0 Å². The van der Waals surface area contributed by atoms with Crippen LogP contribution < -0.4 is 10.6 Å². The first-order valence-electron chi connectivity index (χ1n) is 12.2. The molecule has 0 radical (unpaired) electrons. The lowest BCUT2D eigenvalue weighted by atomic mass is 9.80. The highest BCUT2D eigenvalue weighted by Crippen LogP contribution is 2.36. The van der Waals surface area contributed by atoms with E-state index in [1.54, 1.807) is 6.33 Å². The molecule has 2 heterocycles. The average Bonchev–Trinajstić information content (AvgIpc) is 3.32. The third-order valence-electron chi connectivity index (χ3n) is 7.27. The number of alkyl halides is 3. The summed E-state index contributed by atoms with van der Waals surface area (Å²) in [6.07, 6.45) is 1.66. The van der Waals surface area contributed by atoms with E-state index in [0.29, 0.717) is 12.0 Å². The van der Waals surface area contributed by atoms with Gasteiger partial charge in [-0.15, -0.1) is 0 Å². The van der Waals surface area contributed by atoms with Crippen LogP contribution in [0.4, 0.5) is 13.2 Å². The van der Waals surface area contributed by atoms with Gasteiger partial charge in [0.2, 0.25) is 5.91 Å². The first-order valence-corrected chi connectivity index (χ1v) is 12.2. The number of carbonyl (C=O) groups excluding carboxylic acids is 2. The highest BCUT2D eigenvalue weighted by Gasteiger charge is 2.35. The van der Waals surface area contributed by atoms with Crippen molar-refractivity contribution in [2.75, 3.05) is 19.6 Å². The zero-order valence-corrected chi connectivity index (χ0v) is 19.6. The summed E-state index contributed by atoms with van der Waals surface area (Å²) in [5, 5.41) is 5.29. The maximum Gasteiger partial charge on any atom is 0.416 e. The maximum atomic E-state index is 12.8. The zero-order chi connectivity index (χ0) is 25.3. The molecule has 1 aliphatic heterocycles. The Labute approximate surface area is 206 Å². The van der Waals surface area contributed by atoms with E-state index in [0.717, 1.165) is 61.9 Å². The van der Waals surface area contributed by atoms with E-state index in [9.17, 15) is 22.8 Å². The van der Waals surface area contributed by atoms with Gasteiger partial charge in [-0.2, -0.15) is 13.2 Å². The predicted octanol–water partition coefficient (Wildman–Crippen LogP) is 3.84. The van der Waals surface area contributed by atoms with Gasteiger partial charge >= 0.3 is 6.18 Å². The van der Waals surface area contributed by atoms with Crippen LogP contribution in [0.5, 0.6) is 0 Å². The quantitative estimate of drug-likeness (QED) is 0.481. The first-order chi connectivity index (χ1) is 17.3. The number of hydrogen-bond donors (Lipinski definition) is 3. The second-order valence-corrected chi connectivity index (χ2v) is 9.66. The number of nitrogens with one attached hydrogen (secondary N) is 3. The Balaban J connectivity index is 1.02. The summed E-state index contributed by atoms with van der Waals surface area (Å²) in [4.78, 5) is 34.2. The van der Waals surface area contributed by atoms with Gasteiger partial charge in [0.05, 0.1) is 35.5 Å². The van der Waals surface area contributed by atoms with Crippen molar-refractivity contribution in [3.8, 4) is 0 Å². The van der Waals surface area contributed by atoms with Crippen LogP contribution in [0.3, 0.4) is 0 Å². The summed E-state index contributed by atoms with van der Waals surface area (Å²) in [5.74, 6) is -0.515. The summed E-state index contributed by atoms with van der Waals surface area (Å²) in [6, 6.07) is 11.1. The number of halogens is 3. The fourth-order valence-electron chi connectivity index (χ4n) is 5.26. The highest BCUT2D eigenvalue weighted by molar-refractivity contribution is 5.96. The molecule has 0 unspecified atom stereocenters. The van der Waals surface area contributed by atoms with Crippen molar-refractivity contribution in [1.29, 1.82) is 0 Å². The van der Waals surface area contributed by atoms with Gasteiger partial charge in [-0.3, -0.25) is 14.5 Å². The average molecular weight is 500 g/mol. The minimum absolute atomic E-state index is 0.0171. The highest BCUT2D eigenvalue weighted by atomic mass is 19.4. The van der Waals surface area contributed by atoms with Crippen LogP contribution in [0.1, 0.15) is 53.1 Å². The topological polar surface area (TPSA) is 90.1 Å². The number of amides is 2. The Morgan fingerprint density at radius 3 is 2.58 bits per heavy atom. The molecule has 3 N–H and O–H groups in total. The molecule has 36 heavy (non-hydrogen) atoms. The molecule has 190 valence electrons. The Kier molecular flexibility index (Phi) is 6.70. The predicted molar refractivity (Wildman–Crippen MR) is 128 cm³/mol. The van der Waals surface area contributed by atoms with Crippen LogP contribution in [0.2, 0.25) is 0 Å². The summed E-state index contributed by atoms with van der Waals surface area (Å²) in [5.41, 5.74) is 2.37. The maximum absolute atomic E-state index is 12.8. The molecule has 2 fully saturated rings. The Hall–Kier alpha value is -3.40. The second-order valence-electron chi connectivity index (χ2n) is 9.66. The van der Waals surface area contributed by atoms with Crippen LogP contribution in [0.25, 0.3) is 11.0 Å². The Morgan fingerprint density at radius 1 is 1.06 bits per heavy atom. The van der Waals surface area contributed by atoms with Crippen molar-refractivity contribution < 1.29 is 22.8 Å². The van der Waals surface area contributed by atoms with Crippen molar-refractivity contribution in [3.63, 3.8) is 0 Å². The monoisotopic (exact) mass is 499 g/mol. The normalized spacial score (nSPS) is 21.2. The van der Waals surface area contributed by atoms with Gasteiger partial charge in [-0.1, -0.05) is 12.1 Å². The summed E-state index contributed by atoms with van der Waals surface area (Å²) < 4.78 is 38.5. The number of H-pyrrole nitrogens is 1. The number of nitrogens with zero attached hydrogens (tertiary/aromatic N) is 2. The number of carbonyl (C=O) groups is 2. The molecule has 10 heteroatoms. The zero-order valence-electron chi connectivity index (χ0n) is 19.6. The van der Waals surface area contributed by atoms with E-state index in [1.807, 2.05) is 0 Å². The number of benzene rings is 2. The van der Waals surface area contributed by atoms with E-state index < -0.39 is 17.6 Å². The van der Waals surface area contributed by atoms with Gasteiger partial charge in [0.1, 0.15) is 0 Å². The fourth-order valence-corrected chi connectivity index (χ4v) is 5.26. The third kappa shape index (κ3) is 5.38. The lowest BCUT2D eigenvalue weighted by Gasteiger charge is -2.46. The molecule has 1 saturated carbocycles. The van der Waals surface area contributed by atoms with Gasteiger partial charge in [-0.05, 0) is 67.5 Å². The summed E-state index contributed by atoms with van der Waals surface area (Å²) >= 11 is 0. The third-order valence-corrected chi connectivity index (χ3v) is 7.27. The van der Waals surface area contributed by atoms with E-state index in [4.69, 9.17) is 0 Å². The molecule has 3 aromatic rings. The molecular weight excluding hydrogens is 471 g/mol. The van der Waals surface area contributed by atoms with Crippen molar-refractivity contribution >= 4 is 22.8 Å². The van der Waals surface area contributed by atoms with Gasteiger partial charge in [0, 0.05) is 24.7 Å². The molecule has 2 aromatic carbocycles. The molecule has 1 aromatic heterocycles. The minimum Gasteiger partial charge on any atom is -0.349 e. The van der Waals surface area contributed by atoms with Crippen LogP contribution >= 0.6 is 0 Å². The molecule has 0 atom stereocenters. The summed E-state index contributed by atoms with van der Waals surface area (Å²) in [7, 11) is 0. The molecule has 7 nitrogen and oxygen atoms in total. The number of aromatic nitrogens is 2. The lowest BCUT2D eigenvalue weighted by molar-refractivity contribution is -0.137. The lowest BCUT2D eigenvalue weighted by Crippen LogP contribution is -2.63. The number of aromatic amines is 1. The second kappa shape index (κ2) is 9.93. The first kappa shape index (κ1) is 24.3. The molecule has 2 aliphatic rings. The molecule has 0 spiro atoms. The van der Waals surface area contributed by atoms with E-state index >= 15 is 0 Å². The fraction of sp³-hybridized carbons (Fsp3) is 0.423. The Morgan fingerprint density at radius 2 is 1.83 bits per heavy atom. The van der Waals surface area contributed by atoms with Gasteiger partial charge in [-0.25, -0.2) is 4.98 Å². The number of hydrogen-bond acceptors (Lipinski definition) is 4. The van der Waals surface area contributed by atoms with Crippen molar-refractivity contribution in [3.05, 3.63) is 65.5 Å². The van der Waals surface area contributed by atoms with E-state index in [2.05, 4.69) is 43.7 Å². The van der Waals surface area contributed by atoms with Crippen molar-refractivity contribution in [2.45, 2.75) is 49.9 Å². The SMILES string of the molecule is O=C(CNC(=O)c1cccc(C(F)(F)F)c1)NC1CN([C@H]2CC[C@@H](c3ccc4nc[nH]c4c3)CC2)C1. The minimum atomic E-state index is -4.53. The Bertz CT molecular complexity index is 1240. The van der Waals surface area contributed by atoms with Crippen molar-refractivity contribution in [2.24, 2.45) is 0 Å². The number of imidazole rings is 1. The largest absolute Gasteiger partial charge is 0.416 e. The molecular formula is C26H28F3N5O2. The molecule has 1 aliphatic carbocycles. The number of rotatable bonds is 6. The van der Waals surface area contributed by atoms with Gasteiger partial charge < -0.3 is 15.6 Å². The van der Waals surface area contributed by atoms with Gasteiger partial charge in [0.25, 0.3) is 5.91 Å². The van der Waals surface area contributed by atoms with Crippen LogP contribution in [0, 0.1) is 0 Å². The standard InChI is InChI=1S/C26H28F3N5O2/c27-26(28,29)19-3-1-2-18(10-19)25(36)30-12-24(35)33-20-13-34(14-20)21-7-4-16(5-8-21)17-6-9-22-23(11-17)32-15-31-22/h1-3,6,9-11,15-16,20-21H,4-5,7-8,12-14H2,(H,30,36)(H,31,32)(H,33,35)/t16-,21+. The smallest absolute Gasteiger partial charge is 0.349 e. The van der Waals surface area contributed by atoms with Crippen LogP contribution in [-0.4, -0.2) is 58.4 Å². The van der Waals surface area contributed by atoms with E-state index in [1.165, 1.54) is 17.7 Å². The number of fused-ring (bicyclic) bond motifs is 1. The molecule has 2 amide bonds. The number of likely N-dealkylation sites (tertiary alicyclic amines) is 1. The molecule has 5 rings (SSSR count). The van der Waals surface area contributed by atoms with Crippen LogP contribution in [0.15, 0.2) is 48.8 Å². The summed E-state index contributed by atoms with van der Waals surface area (Å²) in [6.45, 7) is 1.25. The molecule has 0 bridgehead atoms. The molecule has 1 saturated heterocycles. The van der Waals surface area contributed by atoms with Crippen molar-refractivity contribution in [1.82, 2.24) is 25.5 Å². The van der Waals surface area contributed by atoms with Crippen LogP contribution in [-0.2, 0) is 11.0 Å². The van der Waals surface area contributed by atoms with E-state index in [-0.39, 0.29) is 24.1 Å².